The number of rotatable bonds is 12. The number of aryl methyl sites for hydroxylation is 1. The lowest BCUT2D eigenvalue weighted by Crippen LogP contribution is -2.31. The molecule has 1 aromatic heterocycles. The number of amides is 1. The quantitative estimate of drug-likeness (QED) is 0.364. The lowest BCUT2D eigenvalue weighted by Gasteiger charge is -2.23. The molecule has 9 nitrogen and oxygen atoms in total. The van der Waals surface area contributed by atoms with E-state index in [1.807, 2.05) is 6.92 Å². The molecule has 0 fully saturated rings. The standard InChI is InChI=1S/C25H29N3O6S/c1-4-5-23-26-14-22(27-23)24(25(30)31)20-10-12-21(13-11-20)34-15-18-6-8-19(9-7-18)17(2)28(16-29)35(3,32)33/h6-14,16-17,24H,4-5,15H2,1-3H3,(H,26,27)(H,30,31). The summed E-state index contributed by atoms with van der Waals surface area (Å²) >= 11 is 0. The Morgan fingerprint density at radius 3 is 2.31 bits per heavy atom. The van der Waals surface area contributed by atoms with Crippen LogP contribution in [0.15, 0.2) is 54.7 Å². The van der Waals surface area contributed by atoms with E-state index in [2.05, 4.69) is 9.97 Å². The monoisotopic (exact) mass is 499 g/mol. The summed E-state index contributed by atoms with van der Waals surface area (Å²) in [4.78, 5) is 30.5. The molecule has 2 unspecified atom stereocenters. The highest BCUT2D eigenvalue weighted by atomic mass is 32.2. The number of carbonyl (C=O) groups excluding carboxylic acids is 1. The summed E-state index contributed by atoms with van der Waals surface area (Å²) in [6, 6.07) is 13.4. The third-order valence-corrected chi connectivity index (χ3v) is 6.81. The maximum absolute atomic E-state index is 11.9. The van der Waals surface area contributed by atoms with Gasteiger partial charge in [-0.2, -0.15) is 0 Å². The smallest absolute Gasteiger partial charge is 0.317 e. The van der Waals surface area contributed by atoms with Crippen LogP contribution in [0.2, 0.25) is 0 Å². The first kappa shape index (κ1) is 26.0. The molecular formula is C25H29N3O6S. The largest absolute Gasteiger partial charge is 0.489 e. The highest BCUT2D eigenvalue weighted by Crippen LogP contribution is 2.27. The summed E-state index contributed by atoms with van der Waals surface area (Å²) < 4.78 is 30.1. The van der Waals surface area contributed by atoms with Crippen LogP contribution >= 0.6 is 0 Å². The summed E-state index contributed by atoms with van der Waals surface area (Å²) in [6.07, 6.45) is 4.54. The van der Waals surface area contributed by atoms with Crippen molar-refractivity contribution in [2.24, 2.45) is 0 Å². The van der Waals surface area contributed by atoms with Gasteiger partial charge in [0, 0.05) is 12.6 Å². The first-order valence-electron chi connectivity index (χ1n) is 11.2. The molecule has 0 spiro atoms. The Balaban J connectivity index is 1.65. The summed E-state index contributed by atoms with van der Waals surface area (Å²) in [5, 5.41) is 9.76. The van der Waals surface area contributed by atoms with Crippen molar-refractivity contribution in [2.45, 2.75) is 45.3 Å². The van der Waals surface area contributed by atoms with Gasteiger partial charge in [-0.1, -0.05) is 43.3 Å². The zero-order valence-corrected chi connectivity index (χ0v) is 20.7. The van der Waals surface area contributed by atoms with Crippen molar-refractivity contribution in [1.82, 2.24) is 14.3 Å². The minimum atomic E-state index is -3.65. The summed E-state index contributed by atoms with van der Waals surface area (Å²) in [7, 11) is -3.65. The van der Waals surface area contributed by atoms with E-state index in [9.17, 15) is 23.1 Å². The molecule has 1 amide bonds. The number of nitrogens with one attached hydrogen (secondary N) is 1. The van der Waals surface area contributed by atoms with Crippen LogP contribution in [0.25, 0.3) is 0 Å². The number of aromatic amines is 1. The second-order valence-corrected chi connectivity index (χ2v) is 10.2. The number of benzene rings is 2. The van der Waals surface area contributed by atoms with Crippen LogP contribution in [0.3, 0.4) is 0 Å². The first-order chi connectivity index (χ1) is 16.6. The van der Waals surface area contributed by atoms with Crippen LogP contribution in [-0.2, 0) is 32.6 Å². The van der Waals surface area contributed by atoms with Gasteiger partial charge < -0.3 is 14.8 Å². The Morgan fingerprint density at radius 1 is 1.14 bits per heavy atom. The number of sulfonamides is 1. The maximum atomic E-state index is 11.9. The number of ether oxygens (including phenoxy) is 1. The van der Waals surface area contributed by atoms with Crippen molar-refractivity contribution in [1.29, 1.82) is 0 Å². The zero-order valence-electron chi connectivity index (χ0n) is 19.8. The van der Waals surface area contributed by atoms with Gasteiger partial charge in [0.1, 0.15) is 24.1 Å². The van der Waals surface area contributed by atoms with E-state index in [-0.39, 0.29) is 6.61 Å². The molecule has 2 atom stereocenters. The van der Waals surface area contributed by atoms with E-state index < -0.39 is 28.0 Å². The molecule has 0 bridgehead atoms. The number of H-pyrrole nitrogens is 1. The summed E-state index contributed by atoms with van der Waals surface area (Å²) in [6.45, 7) is 3.94. The summed E-state index contributed by atoms with van der Waals surface area (Å²) in [5.41, 5.74) is 2.68. The SMILES string of the molecule is CCCc1ncc(C(C(=O)O)c2ccc(OCc3ccc(C(C)N(C=O)S(C)(=O)=O)cc3)cc2)[nH]1. The normalized spacial score (nSPS) is 13.1. The molecule has 3 rings (SSSR count). The van der Waals surface area contributed by atoms with Crippen LogP contribution in [0, 0.1) is 0 Å². The molecule has 0 aliphatic heterocycles. The van der Waals surface area contributed by atoms with Crippen molar-refractivity contribution >= 4 is 22.4 Å². The number of hydrogen-bond donors (Lipinski definition) is 2. The summed E-state index contributed by atoms with van der Waals surface area (Å²) in [5.74, 6) is -0.474. The molecule has 1 heterocycles. The molecule has 2 N–H and O–H groups in total. The molecule has 0 saturated heterocycles. The van der Waals surface area contributed by atoms with Crippen LogP contribution in [-0.4, -0.2) is 46.4 Å². The maximum Gasteiger partial charge on any atom is 0.317 e. The minimum Gasteiger partial charge on any atom is -0.489 e. The van der Waals surface area contributed by atoms with Crippen LogP contribution in [0.4, 0.5) is 0 Å². The second kappa shape index (κ2) is 11.2. The van der Waals surface area contributed by atoms with Crippen molar-refractivity contribution < 1.29 is 27.9 Å². The van der Waals surface area contributed by atoms with Crippen LogP contribution < -0.4 is 4.74 Å². The van der Waals surface area contributed by atoms with Gasteiger partial charge in [0.25, 0.3) is 0 Å². The van der Waals surface area contributed by atoms with Gasteiger partial charge in [-0.15, -0.1) is 0 Å². The third-order valence-electron chi connectivity index (χ3n) is 5.64. The fraction of sp³-hybridized carbons (Fsp3) is 0.320. The van der Waals surface area contributed by atoms with Crippen molar-refractivity contribution in [3.63, 3.8) is 0 Å². The van der Waals surface area contributed by atoms with Gasteiger partial charge in [0.2, 0.25) is 16.4 Å². The molecule has 0 aliphatic carbocycles. The van der Waals surface area contributed by atoms with Crippen molar-refractivity contribution in [2.75, 3.05) is 6.26 Å². The Labute approximate surface area is 204 Å². The van der Waals surface area contributed by atoms with E-state index in [1.165, 1.54) is 0 Å². The Kier molecular flexibility index (Phi) is 8.29. The second-order valence-electron chi connectivity index (χ2n) is 8.28. The number of aliphatic carboxylic acids is 1. The van der Waals surface area contributed by atoms with Gasteiger partial charge in [-0.3, -0.25) is 9.59 Å². The van der Waals surface area contributed by atoms with E-state index in [0.29, 0.717) is 29.0 Å². The number of imidazole rings is 1. The van der Waals surface area contributed by atoms with Gasteiger partial charge in [-0.25, -0.2) is 17.7 Å². The fourth-order valence-corrected chi connectivity index (χ4v) is 4.62. The average Bonchev–Trinajstić information content (AvgIpc) is 3.26. The Hall–Kier alpha value is -3.66. The zero-order chi connectivity index (χ0) is 25.6. The lowest BCUT2D eigenvalue weighted by molar-refractivity contribution is -0.137. The van der Waals surface area contributed by atoms with E-state index in [1.54, 1.807) is 61.7 Å². The van der Waals surface area contributed by atoms with Gasteiger partial charge in [0.05, 0.1) is 18.0 Å². The lowest BCUT2D eigenvalue weighted by atomic mass is 9.96. The van der Waals surface area contributed by atoms with Gasteiger partial charge >= 0.3 is 5.97 Å². The number of carboxylic acids is 1. The predicted molar refractivity (Wildman–Crippen MR) is 130 cm³/mol. The van der Waals surface area contributed by atoms with Crippen molar-refractivity contribution in [3.05, 3.63) is 82.9 Å². The molecule has 35 heavy (non-hydrogen) atoms. The minimum absolute atomic E-state index is 0.265. The third kappa shape index (κ3) is 6.48. The fourth-order valence-electron chi connectivity index (χ4n) is 3.76. The number of carboxylic acid groups (broad SMARTS) is 1. The number of nitrogens with zero attached hydrogens (tertiary/aromatic N) is 2. The number of carbonyl (C=O) groups is 2. The van der Waals surface area contributed by atoms with E-state index in [0.717, 1.165) is 34.8 Å². The average molecular weight is 500 g/mol. The topological polar surface area (TPSA) is 130 Å². The molecule has 186 valence electrons. The molecule has 0 radical (unpaired) electrons. The predicted octanol–water partition coefficient (Wildman–Crippen LogP) is 3.64. The van der Waals surface area contributed by atoms with Gasteiger partial charge in [0.15, 0.2) is 0 Å². The molecular weight excluding hydrogens is 470 g/mol. The Morgan fingerprint density at radius 2 is 1.77 bits per heavy atom. The number of hydrogen-bond acceptors (Lipinski definition) is 6. The molecule has 0 saturated carbocycles. The first-order valence-corrected chi connectivity index (χ1v) is 13.0. The molecule has 10 heteroatoms. The van der Waals surface area contributed by atoms with E-state index in [4.69, 9.17) is 4.74 Å². The van der Waals surface area contributed by atoms with E-state index >= 15 is 0 Å². The van der Waals surface area contributed by atoms with Gasteiger partial charge in [-0.05, 0) is 42.2 Å². The molecule has 3 aromatic rings. The van der Waals surface area contributed by atoms with Crippen molar-refractivity contribution in [3.8, 4) is 5.75 Å². The highest BCUT2D eigenvalue weighted by Gasteiger charge is 2.24. The van der Waals surface area contributed by atoms with Crippen LogP contribution in [0.1, 0.15) is 60.4 Å². The Bertz CT molecular complexity index is 1250. The number of aromatic nitrogens is 2. The van der Waals surface area contributed by atoms with Crippen LogP contribution in [0.5, 0.6) is 5.75 Å². The molecule has 2 aromatic carbocycles. The molecule has 0 aliphatic rings. The highest BCUT2D eigenvalue weighted by molar-refractivity contribution is 7.88.